The second-order valence-electron chi connectivity index (χ2n) is 3.92. The van der Waals surface area contributed by atoms with Crippen LogP contribution in [0.3, 0.4) is 0 Å². The van der Waals surface area contributed by atoms with Crippen molar-refractivity contribution in [3.05, 3.63) is 35.9 Å². The summed E-state index contributed by atoms with van der Waals surface area (Å²) in [5.74, 6) is -0.00864. The molecule has 0 saturated heterocycles. The zero-order valence-corrected chi connectivity index (χ0v) is 10.9. The van der Waals surface area contributed by atoms with E-state index >= 15 is 0 Å². The molecule has 0 heterocycles. The number of aliphatic hydroxyl groups is 1. The number of rotatable bonds is 7. The third-order valence-corrected chi connectivity index (χ3v) is 3.10. The van der Waals surface area contributed by atoms with Crippen molar-refractivity contribution in [2.75, 3.05) is 20.1 Å². The van der Waals surface area contributed by atoms with Crippen LogP contribution >= 0.6 is 11.6 Å². The van der Waals surface area contributed by atoms with Crippen LogP contribution in [0, 0.1) is 5.92 Å². The van der Waals surface area contributed by atoms with E-state index in [0.717, 1.165) is 5.56 Å². The Balaban J connectivity index is 2.76. The third-order valence-electron chi connectivity index (χ3n) is 2.78. The highest BCUT2D eigenvalue weighted by Gasteiger charge is 2.28. The van der Waals surface area contributed by atoms with E-state index in [1.54, 1.807) is 14.2 Å². The molecule has 1 aromatic carbocycles. The molecular weight excluding hydrogens is 240 g/mol. The highest BCUT2D eigenvalue weighted by atomic mass is 35.5. The quantitative estimate of drug-likeness (QED) is 0.601. The van der Waals surface area contributed by atoms with Crippen LogP contribution in [-0.2, 0) is 15.9 Å². The van der Waals surface area contributed by atoms with E-state index in [4.69, 9.17) is 21.1 Å². The lowest BCUT2D eigenvalue weighted by atomic mass is 9.94. The molecule has 17 heavy (non-hydrogen) atoms. The summed E-state index contributed by atoms with van der Waals surface area (Å²) in [5, 5.41) is 9.92. The molecule has 3 nitrogen and oxygen atoms in total. The Morgan fingerprint density at radius 2 is 1.76 bits per heavy atom. The maximum absolute atomic E-state index is 9.92. The lowest BCUT2D eigenvalue weighted by molar-refractivity contribution is -0.157. The number of alkyl halides is 1. The fraction of sp³-hybridized carbons (Fsp3) is 0.538. The maximum Gasteiger partial charge on any atom is 0.162 e. The summed E-state index contributed by atoms with van der Waals surface area (Å²) >= 11 is 5.71. The normalized spacial score (nSPS) is 14.9. The highest BCUT2D eigenvalue weighted by molar-refractivity contribution is 6.18. The van der Waals surface area contributed by atoms with Crippen molar-refractivity contribution in [3.8, 4) is 0 Å². The topological polar surface area (TPSA) is 38.7 Å². The molecular formula is C13H19ClO3. The van der Waals surface area contributed by atoms with Crippen LogP contribution in [-0.4, -0.2) is 37.6 Å². The van der Waals surface area contributed by atoms with Crippen molar-refractivity contribution in [2.45, 2.75) is 18.8 Å². The van der Waals surface area contributed by atoms with Crippen molar-refractivity contribution in [3.63, 3.8) is 0 Å². The summed E-state index contributed by atoms with van der Waals surface area (Å²) in [6.07, 6.45) is -0.438. The molecule has 0 fully saturated rings. The first-order valence-electron chi connectivity index (χ1n) is 5.56. The first kappa shape index (κ1) is 14.5. The summed E-state index contributed by atoms with van der Waals surface area (Å²) in [7, 11) is 3.13. The molecule has 0 saturated carbocycles. The summed E-state index contributed by atoms with van der Waals surface area (Å²) in [4.78, 5) is 0. The van der Waals surface area contributed by atoms with Gasteiger partial charge in [0.05, 0.1) is 6.10 Å². The average Bonchev–Trinajstić information content (AvgIpc) is 2.39. The van der Waals surface area contributed by atoms with Crippen molar-refractivity contribution < 1.29 is 14.6 Å². The molecule has 4 heteroatoms. The smallest absolute Gasteiger partial charge is 0.162 e. The van der Waals surface area contributed by atoms with Crippen LogP contribution in [0.4, 0.5) is 0 Å². The molecule has 0 unspecified atom stereocenters. The number of aliphatic hydroxyl groups excluding tert-OH is 1. The van der Waals surface area contributed by atoms with Gasteiger partial charge in [-0.3, -0.25) is 0 Å². The summed E-state index contributed by atoms with van der Waals surface area (Å²) < 4.78 is 10.4. The number of hydrogen-bond donors (Lipinski definition) is 1. The molecule has 96 valence electrons. The molecule has 1 N–H and O–H groups in total. The van der Waals surface area contributed by atoms with Crippen molar-refractivity contribution in [1.82, 2.24) is 0 Å². The first-order chi connectivity index (χ1) is 8.22. The second kappa shape index (κ2) is 7.67. The second-order valence-corrected chi connectivity index (χ2v) is 4.22. The van der Waals surface area contributed by atoms with Gasteiger partial charge in [0.15, 0.2) is 6.29 Å². The van der Waals surface area contributed by atoms with Crippen LogP contribution in [0.5, 0.6) is 0 Å². The minimum Gasteiger partial charge on any atom is -0.391 e. The Kier molecular flexibility index (Phi) is 6.52. The average molecular weight is 259 g/mol. The van der Waals surface area contributed by atoms with Crippen LogP contribution < -0.4 is 0 Å². The minimum absolute atomic E-state index is 0.167. The van der Waals surface area contributed by atoms with Crippen molar-refractivity contribution in [2.24, 2.45) is 5.92 Å². The number of ether oxygens (including phenoxy) is 2. The molecule has 0 aliphatic carbocycles. The number of methoxy groups -OCH3 is 2. The zero-order valence-electron chi connectivity index (χ0n) is 10.2. The van der Waals surface area contributed by atoms with Gasteiger partial charge in [0, 0.05) is 26.0 Å². The van der Waals surface area contributed by atoms with Gasteiger partial charge in [0.1, 0.15) is 0 Å². The standard InChI is InChI=1S/C13H19ClO3/c1-16-13(17-2)11(12(15)9-14)8-10-6-4-3-5-7-10/h3-7,11-13,15H,8-9H2,1-2H3/t11-,12-/m0/s1. The number of hydrogen-bond acceptors (Lipinski definition) is 3. The number of benzene rings is 1. The van der Waals surface area contributed by atoms with Crippen molar-refractivity contribution >= 4 is 11.6 Å². The molecule has 1 rings (SSSR count). The molecule has 0 aliphatic rings. The Morgan fingerprint density at radius 1 is 1.18 bits per heavy atom. The fourth-order valence-corrected chi connectivity index (χ4v) is 2.09. The lowest BCUT2D eigenvalue weighted by Crippen LogP contribution is -2.37. The van der Waals surface area contributed by atoms with Gasteiger partial charge in [0.2, 0.25) is 0 Å². The Bertz CT molecular complexity index is 301. The summed E-state index contributed by atoms with van der Waals surface area (Å²) in [6.45, 7) is 0. The molecule has 0 bridgehead atoms. The SMILES string of the molecule is COC(OC)[C@@H](Cc1ccccc1)[C@@H](O)CCl. The van der Waals surface area contributed by atoms with Gasteiger partial charge >= 0.3 is 0 Å². The van der Waals surface area contributed by atoms with Gasteiger partial charge < -0.3 is 14.6 Å². The fourth-order valence-electron chi connectivity index (χ4n) is 1.86. The van der Waals surface area contributed by atoms with Gasteiger partial charge in [-0.2, -0.15) is 0 Å². The highest BCUT2D eigenvalue weighted by Crippen LogP contribution is 2.20. The zero-order chi connectivity index (χ0) is 12.7. The molecule has 2 atom stereocenters. The first-order valence-corrected chi connectivity index (χ1v) is 6.10. The van der Waals surface area contributed by atoms with Gasteiger partial charge in [-0.1, -0.05) is 30.3 Å². The van der Waals surface area contributed by atoms with E-state index in [1.807, 2.05) is 30.3 Å². The Labute approximate surface area is 107 Å². The third kappa shape index (κ3) is 4.28. The van der Waals surface area contributed by atoms with Gasteiger partial charge in [-0.15, -0.1) is 11.6 Å². The predicted octanol–water partition coefficient (Wildman–Crippen LogP) is 2.06. The molecule has 0 aromatic heterocycles. The molecule has 0 amide bonds. The van der Waals surface area contributed by atoms with E-state index in [2.05, 4.69) is 0 Å². The lowest BCUT2D eigenvalue weighted by Gasteiger charge is -2.28. The van der Waals surface area contributed by atoms with Crippen LogP contribution in [0.1, 0.15) is 5.56 Å². The number of halogens is 1. The van der Waals surface area contributed by atoms with Gasteiger partial charge in [-0.25, -0.2) is 0 Å². The summed E-state index contributed by atoms with van der Waals surface area (Å²) in [5.41, 5.74) is 1.13. The molecule has 0 aliphatic heterocycles. The van der Waals surface area contributed by atoms with Crippen LogP contribution in [0.15, 0.2) is 30.3 Å². The van der Waals surface area contributed by atoms with Crippen LogP contribution in [0.25, 0.3) is 0 Å². The molecule has 0 spiro atoms. The largest absolute Gasteiger partial charge is 0.391 e. The van der Waals surface area contributed by atoms with Gasteiger partial charge in [0.25, 0.3) is 0 Å². The Hall–Kier alpha value is -0.610. The monoisotopic (exact) mass is 258 g/mol. The van der Waals surface area contributed by atoms with Gasteiger partial charge in [-0.05, 0) is 12.0 Å². The van der Waals surface area contributed by atoms with Crippen LogP contribution in [0.2, 0.25) is 0 Å². The molecule has 0 radical (unpaired) electrons. The minimum atomic E-state index is -0.651. The van der Waals surface area contributed by atoms with E-state index in [1.165, 1.54) is 0 Å². The molecule has 1 aromatic rings. The predicted molar refractivity (Wildman–Crippen MR) is 68.2 cm³/mol. The van der Waals surface area contributed by atoms with E-state index in [-0.39, 0.29) is 11.8 Å². The van der Waals surface area contributed by atoms with E-state index < -0.39 is 12.4 Å². The van der Waals surface area contributed by atoms with E-state index in [0.29, 0.717) is 6.42 Å². The summed E-state index contributed by atoms with van der Waals surface area (Å²) in [6, 6.07) is 9.91. The van der Waals surface area contributed by atoms with E-state index in [9.17, 15) is 5.11 Å². The maximum atomic E-state index is 9.92. The van der Waals surface area contributed by atoms with Crippen molar-refractivity contribution in [1.29, 1.82) is 0 Å². The Morgan fingerprint density at radius 3 is 2.24 bits per heavy atom.